The summed E-state index contributed by atoms with van der Waals surface area (Å²) >= 11 is 5.96. The quantitative estimate of drug-likeness (QED) is 0.742. The second kappa shape index (κ2) is 5.15. The highest BCUT2D eigenvalue weighted by Crippen LogP contribution is 2.04. The number of alkyl halides is 1. The van der Waals surface area contributed by atoms with Gasteiger partial charge in [-0.2, -0.15) is 9.61 Å². The van der Waals surface area contributed by atoms with E-state index in [4.69, 9.17) is 16.3 Å². The SMILES string of the molecule is COCC(Cl)CNc1ccc2n[nH]c(=O)n2n1. The third-order valence-corrected chi connectivity index (χ3v) is 2.41. The number of nitrogens with one attached hydrogen (secondary N) is 2. The molecule has 0 saturated heterocycles. The highest BCUT2D eigenvalue weighted by Gasteiger charge is 2.06. The molecule has 1 atom stereocenters. The van der Waals surface area contributed by atoms with Gasteiger partial charge >= 0.3 is 5.69 Å². The molecule has 0 amide bonds. The van der Waals surface area contributed by atoms with Crippen LogP contribution in [0, 0.1) is 0 Å². The van der Waals surface area contributed by atoms with Crippen molar-refractivity contribution in [2.24, 2.45) is 0 Å². The van der Waals surface area contributed by atoms with Gasteiger partial charge in [-0.1, -0.05) is 0 Å². The van der Waals surface area contributed by atoms with E-state index in [-0.39, 0.29) is 11.1 Å². The lowest BCUT2D eigenvalue weighted by Gasteiger charge is -2.09. The summed E-state index contributed by atoms with van der Waals surface area (Å²) in [4.78, 5) is 11.3. The van der Waals surface area contributed by atoms with Gasteiger partial charge in [0.15, 0.2) is 5.65 Å². The van der Waals surface area contributed by atoms with Crippen LogP contribution in [0.5, 0.6) is 0 Å². The maximum Gasteiger partial charge on any atom is 0.364 e. The molecule has 2 aromatic heterocycles. The van der Waals surface area contributed by atoms with Gasteiger partial charge in [-0.25, -0.2) is 9.89 Å². The molecule has 2 N–H and O–H groups in total. The Bertz CT molecular complexity index is 552. The first-order chi connectivity index (χ1) is 8.20. The van der Waals surface area contributed by atoms with Crippen LogP contribution in [0.4, 0.5) is 5.82 Å². The van der Waals surface area contributed by atoms with Gasteiger partial charge in [0.1, 0.15) is 5.82 Å². The molecule has 1 unspecified atom stereocenters. The predicted molar refractivity (Wildman–Crippen MR) is 63.6 cm³/mol. The molecule has 0 saturated carbocycles. The van der Waals surface area contributed by atoms with Crippen LogP contribution >= 0.6 is 11.6 Å². The van der Waals surface area contributed by atoms with E-state index in [1.807, 2.05) is 0 Å². The molecule has 0 bridgehead atoms. The molecule has 0 aliphatic carbocycles. The number of nitrogens with zero attached hydrogens (tertiary/aromatic N) is 3. The Morgan fingerprint density at radius 3 is 3.24 bits per heavy atom. The first kappa shape index (κ1) is 11.9. The van der Waals surface area contributed by atoms with Gasteiger partial charge < -0.3 is 10.1 Å². The van der Waals surface area contributed by atoms with E-state index in [1.54, 1.807) is 19.2 Å². The van der Waals surface area contributed by atoms with Crippen LogP contribution in [0.2, 0.25) is 0 Å². The Kier molecular flexibility index (Phi) is 3.60. The van der Waals surface area contributed by atoms with E-state index in [2.05, 4.69) is 20.6 Å². The van der Waals surface area contributed by atoms with Crippen LogP contribution in [0.15, 0.2) is 16.9 Å². The number of hydrogen-bond acceptors (Lipinski definition) is 5. The number of aromatic amines is 1. The molecular formula is C9H12ClN5O2. The molecule has 2 aromatic rings. The van der Waals surface area contributed by atoms with Crippen molar-refractivity contribution in [2.45, 2.75) is 5.38 Å². The Balaban J connectivity index is 2.08. The summed E-state index contributed by atoms with van der Waals surface area (Å²) in [6.07, 6.45) is 0. The van der Waals surface area contributed by atoms with Crippen molar-refractivity contribution in [3.63, 3.8) is 0 Å². The van der Waals surface area contributed by atoms with Crippen molar-refractivity contribution < 1.29 is 4.74 Å². The smallest absolute Gasteiger partial charge is 0.364 e. The number of ether oxygens (including phenoxy) is 1. The van der Waals surface area contributed by atoms with Crippen molar-refractivity contribution in [3.05, 3.63) is 22.6 Å². The number of anilines is 1. The average Bonchev–Trinajstić information content (AvgIpc) is 2.69. The third kappa shape index (κ3) is 2.75. The topological polar surface area (TPSA) is 84.3 Å². The zero-order chi connectivity index (χ0) is 12.3. The molecule has 7 nitrogen and oxygen atoms in total. The van der Waals surface area contributed by atoms with E-state index < -0.39 is 0 Å². The Morgan fingerprint density at radius 2 is 2.47 bits per heavy atom. The lowest BCUT2D eigenvalue weighted by molar-refractivity contribution is 0.200. The summed E-state index contributed by atoms with van der Waals surface area (Å²) in [5.41, 5.74) is 0.0998. The Hall–Kier alpha value is -1.60. The summed E-state index contributed by atoms with van der Waals surface area (Å²) in [7, 11) is 1.59. The molecule has 8 heteroatoms. The normalized spacial score (nSPS) is 12.8. The molecule has 0 aliphatic heterocycles. The minimum atomic E-state index is -0.372. The fourth-order valence-corrected chi connectivity index (χ4v) is 1.56. The van der Waals surface area contributed by atoms with Crippen molar-refractivity contribution in [1.82, 2.24) is 19.8 Å². The summed E-state index contributed by atoms with van der Waals surface area (Å²) in [5, 5.41) is 13.0. The van der Waals surface area contributed by atoms with Crippen LogP contribution in [-0.4, -0.2) is 45.4 Å². The molecule has 0 fully saturated rings. The van der Waals surface area contributed by atoms with Gasteiger partial charge in [0, 0.05) is 13.7 Å². The van der Waals surface area contributed by atoms with Crippen molar-refractivity contribution >= 4 is 23.1 Å². The van der Waals surface area contributed by atoms with Gasteiger partial charge in [-0.3, -0.25) is 0 Å². The van der Waals surface area contributed by atoms with Crippen molar-refractivity contribution in [3.8, 4) is 0 Å². The standard InChI is InChI=1S/C9H12ClN5O2/c1-17-5-6(10)4-11-7-2-3-8-12-13-9(16)15(8)14-7/h2-3,6H,4-5H2,1H3,(H,11,14)(H,13,16). The molecular weight excluding hydrogens is 246 g/mol. The van der Waals surface area contributed by atoms with E-state index in [0.29, 0.717) is 24.6 Å². The van der Waals surface area contributed by atoms with Crippen molar-refractivity contribution in [1.29, 1.82) is 0 Å². The van der Waals surface area contributed by atoms with E-state index >= 15 is 0 Å². The molecule has 17 heavy (non-hydrogen) atoms. The molecule has 0 spiro atoms. The monoisotopic (exact) mass is 257 g/mol. The van der Waals surface area contributed by atoms with E-state index in [9.17, 15) is 4.79 Å². The lowest BCUT2D eigenvalue weighted by Crippen LogP contribution is -2.21. The molecule has 0 aliphatic rings. The maximum absolute atomic E-state index is 11.3. The second-order valence-electron chi connectivity index (χ2n) is 3.45. The number of halogens is 1. The van der Waals surface area contributed by atoms with Gasteiger partial charge in [-0.05, 0) is 12.1 Å². The van der Waals surface area contributed by atoms with Gasteiger partial charge in [0.25, 0.3) is 0 Å². The summed E-state index contributed by atoms with van der Waals surface area (Å²) in [5.74, 6) is 0.558. The van der Waals surface area contributed by atoms with Crippen molar-refractivity contribution in [2.75, 3.05) is 25.6 Å². The predicted octanol–water partition coefficient (Wildman–Crippen LogP) is 0.0833. The van der Waals surface area contributed by atoms with E-state index in [1.165, 1.54) is 4.52 Å². The molecule has 92 valence electrons. The highest BCUT2D eigenvalue weighted by molar-refractivity contribution is 6.21. The molecule has 2 rings (SSSR count). The Labute approximate surface area is 102 Å². The average molecular weight is 258 g/mol. The van der Waals surface area contributed by atoms with Gasteiger partial charge in [-0.15, -0.1) is 16.7 Å². The number of H-pyrrole nitrogens is 1. The molecule has 2 heterocycles. The number of methoxy groups -OCH3 is 1. The minimum absolute atomic E-state index is 0.154. The zero-order valence-electron chi connectivity index (χ0n) is 9.18. The minimum Gasteiger partial charge on any atom is -0.383 e. The third-order valence-electron chi connectivity index (χ3n) is 2.13. The fraction of sp³-hybridized carbons (Fsp3) is 0.444. The van der Waals surface area contributed by atoms with E-state index in [0.717, 1.165) is 0 Å². The van der Waals surface area contributed by atoms with Gasteiger partial charge in [0.05, 0.1) is 12.0 Å². The van der Waals surface area contributed by atoms with Crippen LogP contribution in [0.1, 0.15) is 0 Å². The molecule has 0 aromatic carbocycles. The first-order valence-electron chi connectivity index (χ1n) is 5.02. The van der Waals surface area contributed by atoms with Gasteiger partial charge in [0.2, 0.25) is 0 Å². The first-order valence-corrected chi connectivity index (χ1v) is 5.45. The van der Waals surface area contributed by atoms with Crippen LogP contribution in [0.25, 0.3) is 5.65 Å². The summed E-state index contributed by atoms with van der Waals surface area (Å²) < 4.78 is 6.09. The summed E-state index contributed by atoms with van der Waals surface area (Å²) in [6.45, 7) is 0.947. The maximum atomic E-state index is 11.3. The number of hydrogen-bond donors (Lipinski definition) is 2. The van der Waals surface area contributed by atoms with Crippen LogP contribution in [-0.2, 0) is 4.74 Å². The highest BCUT2D eigenvalue weighted by atomic mass is 35.5. The number of fused-ring (bicyclic) bond motifs is 1. The number of rotatable bonds is 5. The number of aromatic nitrogens is 4. The molecule has 0 radical (unpaired) electrons. The largest absolute Gasteiger partial charge is 0.383 e. The second-order valence-corrected chi connectivity index (χ2v) is 4.07. The van der Waals surface area contributed by atoms with Crippen LogP contribution < -0.4 is 11.0 Å². The van der Waals surface area contributed by atoms with Crippen LogP contribution in [0.3, 0.4) is 0 Å². The Morgan fingerprint density at radius 1 is 1.65 bits per heavy atom. The summed E-state index contributed by atoms with van der Waals surface area (Å²) in [6, 6.07) is 3.42. The fourth-order valence-electron chi connectivity index (χ4n) is 1.35. The zero-order valence-corrected chi connectivity index (χ0v) is 9.94. The lowest BCUT2D eigenvalue weighted by atomic mass is 10.4.